The highest BCUT2D eigenvalue weighted by molar-refractivity contribution is 5.92. The first-order valence-electron chi connectivity index (χ1n) is 11.8. The first-order chi connectivity index (χ1) is 17.3. The van der Waals surface area contributed by atoms with Crippen LogP contribution in [0.15, 0.2) is 48.8 Å². The summed E-state index contributed by atoms with van der Waals surface area (Å²) in [5, 5.41) is 12.5. The lowest BCUT2D eigenvalue weighted by Gasteiger charge is -2.40. The molecule has 4 heterocycles. The molecule has 0 radical (unpaired) electrons. The number of amides is 1. The maximum Gasteiger partial charge on any atom is 0.405 e. The number of hydrogen-bond acceptors (Lipinski definition) is 6. The molecule has 188 valence electrons. The van der Waals surface area contributed by atoms with Gasteiger partial charge in [-0.05, 0) is 44.0 Å². The molecule has 1 amide bonds. The second-order valence-electron chi connectivity index (χ2n) is 9.25. The van der Waals surface area contributed by atoms with Crippen molar-refractivity contribution in [3.05, 3.63) is 54.6 Å². The number of carboxylic acid groups (broad SMARTS) is 1. The largest absolute Gasteiger partial charge is 0.491 e. The molecule has 0 saturated carbocycles. The van der Waals surface area contributed by atoms with Crippen LogP contribution in [0.3, 0.4) is 0 Å². The molecule has 9 nitrogen and oxygen atoms in total. The van der Waals surface area contributed by atoms with E-state index in [0.29, 0.717) is 67.2 Å². The number of ether oxygens (including phenoxy) is 2. The van der Waals surface area contributed by atoms with Gasteiger partial charge in [0.15, 0.2) is 0 Å². The Kier molecular flexibility index (Phi) is 6.36. The molecular weight excluding hydrogens is 465 g/mol. The number of carbonyl (C=O) groups is 1. The zero-order valence-electron chi connectivity index (χ0n) is 20.2. The van der Waals surface area contributed by atoms with Gasteiger partial charge in [0.05, 0.1) is 35.4 Å². The van der Waals surface area contributed by atoms with Gasteiger partial charge in [0, 0.05) is 43.4 Å². The highest BCUT2D eigenvalue weighted by Crippen LogP contribution is 2.33. The number of fused-ring (bicyclic) bond motifs is 2. The third kappa shape index (κ3) is 4.76. The number of hydrogen-bond donors (Lipinski definition) is 2. The second kappa shape index (κ2) is 9.62. The second-order valence-corrected chi connectivity index (χ2v) is 9.25. The van der Waals surface area contributed by atoms with E-state index in [2.05, 4.69) is 15.2 Å². The Morgan fingerprint density at radius 1 is 1.19 bits per heavy atom. The fourth-order valence-electron chi connectivity index (χ4n) is 4.67. The summed E-state index contributed by atoms with van der Waals surface area (Å²) in [5.41, 5.74) is 3.13. The minimum Gasteiger partial charge on any atom is -0.491 e. The van der Waals surface area contributed by atoms with Gasteiger partial charge in [-0.15, -0.1) is 0 Å². The monoisotopic (exact) mass is 493 g/mol. The number of anilines is 1. The van der Waals surface area contributed by atoms with Crippen LogP contribution in [0.2, 0.25) is 0 Å². The smallest absolute Gasteiger partial charge is 0.405 e. The van der Waals surface area contributed by atoms with Crippen LogP contribution in [0.25, 0.3) is 27.9 Å². The van der Waals surface area contributed by atoms with Crippen molar-refractivity contribution >= 4 is 28.3 Å². The van der Waals surface area contributed by atoms with Crippen LogP contribution in [-0.4, -0.2) is 64.5 Å². The molecule has 10 heteroatoms. The molecule has 36 heavy (non-hydrogen) atoms. The van der Waals surface area contributed by atoms with Crippen LogP contribution >= 0.6 is 0 Å². The Bertz CT molecular complexity index is 1410. The topological polar surface area (TPSA) is 101 Å². The molecule has 1 saturated heterocycles. The number of halogens is 1. The van der Waals surface area contributed by atoms with Crippen LogP contribution in [0.5, 0.6) is 5.75 Å². The van der Waals surface area contributed by atoms with Crippen molar-refractivity contribution in [2.45, 2.75) is 25.3 Å². The van der Waals surface area contributed by atoms with Gasteiger partial charge in [-0.2, -0.15) is 0 Å². The highest BCUT2D eigenvalue weighted by atomic mass is 19.1. The summed E-state index contributed by atoms with van der Waals surface area (Å²) in [7, 11) is 1.63. The SMILES string of the molecule is COCCOc1ccn2c(-c3ccc4cc(F)cc(N5CCC(C)(NC(=O)O)CC5)c4n3)cnc2c1. The number of nitrogens with one attached hydrogen (secondary N) is 1. The minimum absolute atomic E-state index is 0.333. The molecule has 3 aromatic heterocycles. The van der Waals surface area contributed by atoms with E-state index in [4.69, 9.17) is 19.6 Å². The molecule has 0 spiro atoms. The van der Waals surface area contributed by atoms with E-state index < -0.39 is 11.6 Å². The fourth-order valence-corrected chi connectivity index (χ4v) is 4.67. The van der Waals surface area contributed by atoms with Crippen molar-refractivity contribution in [2.24, 2.45) is 0 Å². The van der Waals surface area contributed by atoms with Crippen molar-refractivity contribution in [1.82, 2.24) is 19.7 Å². The lowest BCUT2D eigenvalue weighted by Crippen LogP contribution is -2.53. The number of nitrogens with zero attached hydrogens (tertiary/aromatic N) is 4. The van der Waals surface area contributed by atoms with E-state index >= 15 is 0 Å². The molecule has 1 aliphatic heterocycles. The maximum atomic E-state index is 14.5. The van der Waals surface area contributed by atoms with E-state index in [1.54, 1.807) is 13.3 Å². The van der Waals surface area contributed by atoms with E-state index in [-0.39, 0.29) is 5.82 Å². The normalized spacial score (nSPS) is 15.4. The van der Waals surface area contributed by atoms with Crippen LogP contribution in [-0.2, 0) is 4.74 Å². The zero-order chi connectivity index (χ0) is 25.3. The predicted octanol–water partition coefficient (Wildman–Crippen LogP) is 4.34. The standard InChI is InChI=1S/C26H28FN5O4/c1-26(30-25(33)34)6-9-31(10-7-26)21-14-18(27)13-17-3-4-20(29-24(17)21)22-16-28-23-15-19(5-8-32(22)23)36-12-11-35-2/h3-5,8,13-16,30H,6-7,9-12H2,1-2H3,(H,33,34). The third-order valence-corrected chi connectivity index (χ3v) is 6.66. The van der Waals surface area contributed by atoms with Gasteiger partial charge in [-0.25, -0.2) is 19.2 Å². The summed E-state index contributed by atoms with van der Waals surface area (Å²) in [6.45, 7) is 4.03. The lowest BCUT2D eigenvalue weighted by molar-refractivity contribution is 0.146. The van der Waals surface area contributed by atoms with Gasteiger partial charge in [-0.3, -0.25) is 4.40 Å². The quantitative estimate of drug-likeness (QED) is 0.369. The summed E-state index contributed by atoms with van der Waals surface area (Å²) in [4.78, 5) is 22.7. The Hall–Kier alpha value is -3.92. The number of benzene rings is 1. The van der Waals surface area contributed by atoms with Gasteiger partial charge in [0.1, 0.15) is 23.8 Å². The van der Waals surface area contributed by atoms with Crippen molar-refractivity contribution in [2.75, 3.05) is 38.3 Å². The lowest BCUT2D eigenvalue weighted by atomic mass is 9.89. The van der Waals surface area contributed by atoms with Gasteiger partial charge >= 0.3 is 6.09 Å². The molecule has 0 bridgehead atoms. The number of rotatable bonds is 7. The molecule has 4 aromatic rings. The first-order valence-corrected chi connectivity index (χ1v) is 11.8. The maximum absolute atomic E-state index is 14.5. The van der Waals surface area contributed by atoms with Gasteiger partial charge < -0.3 is 24.8 Å². The Balaban J connectivity index is 1.47. The minimum atomic E-state index is -1.03. The number of piperidine rings is 1. The van der Waals surface area contributed by atoms with Crippen molar-refractivity contribution < 1.29 is 23.8 Å². The summed E-state index contributed by atoms with van der Waals surface area (Å²) < 4.78 is 27.2. The number of pyridine rings is 2. The number of methoxy groups -OCH3 is 1. The molecule has 2 N–H and O–H groups in total. The summed E-state index contributed by atoms with van der Waals surface area (Å²) >= 11 is 0. The summed E-state index contributed by atoms with van der Waals surface area (Å²) in [6, 6.07) is 10.4. The van der Waals surface area contributed by atoms with Gasteiger partial charge in [0.2, 0.25) is 0 Å². The van der Waals surface area contributed by atoms with Crippen LogP contribution in [0, 0.1) is 5.82 Å². The molecule has 5 rings (SSSR count). The van der Waals surface area contributed by atoms with E-state index in [1.165, 1.54) is 12.1 Å². The average Bonchev–Trinajstić information content (AvgIpc) is 3.27. The Morgan fingerprint density at radius 2 is 2.00 bits per heavy atom. The summed E-state index contributed by atoms with van der Waals surface area (Å²) in [5.74, 6) is 0.371. The highest BCUT2D eigenvalue weighted by Gasteiger charge is 2.32. The van der Waals surface area contributed by atoms with Crippen molar-refractivity contribution in [1.29, 1.82) is 0 Å². The van der Waals surface area contributed by atoms with Crippen LogP contribution < -0.4 is 15.0 Å². The fraction of sp³-hybridized carbons (Fsp3) is 0.346. The molecule has 0 unspecified atom stereocenters. The Labute approximate surface area is 207 Å². The van der Waals surface area contributed by atoms with Crippen molar-refractivity contribution in [3.8, 4) is 17.1 Å². The van der Waals surface area contributed by atoms with Gasteiger partial charge in [-0.1, -0.05) is 6.07 Å². The average molecular weight is 494 g/mol. The van der Waals surface area contributed by atoms with E-state index in [9.17, 15) is 9.18 Å². The van der Waals surface area contributed by atoms with E-state index in [0.717, 1.165) is 11.3 Å². The molecule has 0 aliphatic carbocycles. The third-order valence-electron chi connectivity index (χ3n) is 6.66. The predicted molar refractivity (Wildman–Crippen MR) is 134 cm³/mol. The first kappa shape index (κ1) is 23.8. The Morgan fingerprint density at radius 3 is 2.75 bits per heavy atom. The van der Waals surface area contributed by atoms with Gasteiger partial charge in [0.25, 0.3) is 0 Å². The van der Waals surface area contributed by atoms with Crippen LogP contribution in [0.4, 0.5) is 14.9 Å². The van der Waals surface area contributed by atoms with E-state index in [1.807, 2.05) is 41.8 Å². The molecule has 1 aliphatic rings. The summed E-state index contributed by atoms with van der Waals surface area (Å²) in [6.07, 6.45) is 3.83. The molecule has 1 aromatic carbocycles. The van der Waals surface area contributed by atoms with Crippen LogP contribution in [0.1, 0.15) is 19.8 Å². The molecule has 0 atom stereocenters. The molecular formula is C26H28FN5O4. The molecule has 1 fully saturated rings. The number of imidazole rings is 1. The number of aromatic nitrogens is 3. The zero-order valence-corrected chi connectivity index (χ0v) is 20.2. The van der Waals surface area contributed by atoms with Crippen molar-refractivity contribution in [3.63, 3.8) is 0 Å².